The van der Waals surface area contributed by atoms with E-state index >= 15 is 0 Å². The molecule has 0 aliphatic rings. The average Bonchev–Trinajstić information content (AvgIpc) is 2.40. The molecule has 1 aromatic rings. The highest BCUT2D eigenvalue weighted by Gasteiger charge is 2.22. The summed E-state index contributed by atoms with van der Waals surface area (Å²) in [6.07, 6.45) is 0. The van der Waals surface area contributed by atoms with E-state index in [9.17, 15) is 8.42 Å². The van der Waals surface area contributed by atoms with Crippen molar-refractivity contribution in [3.8, 4) is 0 Å². The number of benzene rings is 1. The van der Waals surface area contributed by atoms with Crippen molar-refractivity contribution in [1.82, 2.24) is 10.0 Å². The Morgan fingerprint density at radius 3 is 2.48 bits per heavy atom. The number of aryl methyl sites for hydroxylation is 1. The molecule has 1 unspecified atom stereocenters. The number of hydrogen-bond acceptors (Lipinski definition) is 4. The first-order valence-corrected chi connectivity index (χ1v) is 8.55. The molecule has 0 amide bonds. The van der Waals surface area contributed by atoms with E-state index in [0.29, 0.717) is 18.0 Å². The third-order valence-corrected chi connectivity index (χ3v) is 4.94. The van der Waals surface area contributed by atoms with Crippen molar-refractivity contribution in [1.29, 1.82) is 0 Å². The molecule has 0 saturated carbocycles. The van der Waals surface area contributed by atoms with Gasteiger partial charge in [0.2, 0.25) is 10.0 Å². The van der Waals surface area contributed by atoms with Crippen LogP contribution >= 0.6 is 0 Å². The zero-order chi connectivity index (χ0) is 16.0. The topological polar surface area (TPSA) is 67.4 Å². The maximum atomic E-state index is 12.5. The smallest absolute Gasteiger partial charge is 0.240 e. The van der Waals surface area contributed by atoms with Crippen LogP contribution in [0.2, 0.25) is 0 Å². The van der Waals surface area contributed by atoms with Gasteiger partial charge in [0.25, 0.3) is 0 Å². The molecule has 0 radical (unpaired) electrons. The molecule has 120 valence electrons. The summed E-state index contributed by atoms with van der Waals surface area (Å²) in [6.45, 7) is 6.90. The molecule has 0 aliphatic heterocycles. The summed E-state index contributed by atoms with van der Waals surface area (Å²) in [5.74, 6) is 0.155. The lowest BCUT2D eigenvalue weighted by atomic mass is 10.1. The van der Waals surface area contributed by atoms with Crippen molar-refractivity contribution in [2.45, 2.75) is 38.3 Å². The van der Waals surface area contributed by atoms with Gasteiger partial charge in [0.1, 0.15) is 0 Å². The van der Waals surface area contributed by atoms with Crippen molar-refractivity contribution >= 4 is 10.0 Å². The Morgan fingerprint density at radius 2 is 1.95 bits per heavy atom. The molecule has 1 aromatic carbocycles. The van der Waals surface area contributed by atoms with E-state index in [0.717, 1.165) is 11.1 Å². The van der Waals surface area contributed by atoms with Gasteiger partial charge in [-0.1, -0.05) is 19.9 Å². The maximum Gasteiger partial charge on any atom is 0.240 e. The predicted octanol–water partition coefficient (Wildman–Crippen LogP) is 1.66. The molecular weight excluding hydrogens is 288 g/mol. The maximum absolute atomic E-state index is 12.5. The van der Waals surface area contributed by atoms with Crippen LogP contribution in [0.3, 0.4) is 0 Å². The zero-order valence-electron chi connectivity index (χ0n) is 13.4. The minimum Gasteiger partial charge on any atom is -0.383 e. The third kappa shape index (κ3) is 5.07. The highest BCUT2D eigenvalue weighted by molar-refractivity contribution is 7.89. The zero-order valence-corrected chi connectivity index (χ0v) is 14.3. The predicted molar refractivity (Wildman–Crippen MR) is 84.8 cm³/mol. The Morgan fingerprint density at radius 1 is 1.29 bits per heavy atom. The summed E-state index contributed by atoms with van der Waals surface area (Å²) >= 11 is 0. The monoisotopic (exact) mass is 314 g/mol. The fraction of sp³-hybridized carbons (Fsp3) is 0.600. The second-order valence-corrected chi connectivity index (χ2v) is 7.26. The van der Waals surface area contributed by atoms with Gasteiger partial charge in [0.05, 0.1) is 11.5 Å². The minimum absolute atomic E-state index is 0.155. The molecule has 2 N–H and O–H groups in total. The molecule has 0 aromatic heterocycles. The standard InChI is InChI=1S/C15H26N2O3S/c1-11(2)15(10-20-5)17-21(18,19)14-7-6-12(3)13(8-14)9-16-4/h6-8,11,15-17H,9-10H2,1-5H3. The molecule has 5 nitrogen and oxygen atoms in total. The van der Waals surface area contributed by atoms with Gasteiger partial charge in [0.15, 0.2) is 0 Å². The number of methoxy groups -OCH3 is 1. The van der Waals surface area contributed by atoms with E-state index < -0.39 is 10.0 Å². The van der Waals surface area contributed by atoms with Gasteiger partial charge in [-0.3, -0.25) is 0 Å². The van der Waals surface area contributed by atoms with E-state index in [1.54, 1.807) is 19.2 Å². The van der Waals surface area contributed by atoms with E-state index in [1.165, 1.54) is 0 Å². The van der Waals surface area contributed by atoms with Crippen molar-refractivity contribution in [3.63, 3.8) is 0 Å². The minimum atomic E-state index is -3.54. The second-order valence-electron chi connectivity index (χ2n) is 5.55. The summed E-state index contributed by atoms with van der Waals surface area (Å²) in [6, 6.07) is 4.95. The van der Waals surface area contributed by atoms with Gasteiger partial charge in [-0.15, -0.1) is 0 Å². The first-order chi connectivity index (χ1) is 9.81. The lowest BCUT2D eigenvalue weighted by Crippen LogP contribution is -2.41. The van der Waals surface area contributed by atoms with Gasteiger partial charge in [-0.2, -0.15) is 0 Å². The average molecular weight is 314 g/mol. The van der Waals surface area contributed by atoms with Crippen molar-refractivity contribution in [2.24, 2.45) is 5.92 Å². The highest BCUT2D eigenvalue weighted by atomic mass is 32.2. The van der Waals surface area contributed by atoms with E-state index in [1.807, 2.05) is 33.9 Å². The van der Waals surface area contributed by atoms with Crippen LogP contribution in [0.4, 0.5) is 0 Å². The first-order valence-electron chi connectivity index (χ1n) is 7.07. The summed E-state index contributed by atoms with van der Waals surface area (Å²) in [4.78, 5) is 0.292. The van der Waals surface area contributed by atoms with Crippen LogP contribution in [0, 0.1) is 12.8 Å². The molecule has 0 bridgehead atoms. The first kappa shape index (κ1) is 18.1. The Kier molecular flexibility index (Phi) is 6.80. The summed E-state index contributed by atoms with van der Waals surface area (Å²) in [7, 11) is -0.133. The van der Waals surface area contributed by atoms with E-state index in [2.05, 4.69) is 10.0 Å². The van der Waals surface area contributed by atoms with Crippen molar-refractivity contribution < 1.29 is 13.2 Å². The van der Waals surface area contributed by atoms with Gasteiger partial charge in [-0.05, 0) is 43.1 Å². The molecule has 21 heavy (non-hydrogen) atoms. The molecule has 0 heterocycles. The third-order valence-electron chi connectivity index (χ3n) is 3.46. The van der Waals surface area contributed by atoms with Crippen LogP contribution in [-0.4, -0.2) is 35.2 Å². The second kappa shape index (κ2) is 7.89. The van der Waals surface area contributed by atoms with Crippen LogP contribution < -0.4 is 10.0 Å². The van der Waals surface area contributed by atoms with Crippen molar-refractivity contribution in [3.05, 3.63) is 29.3 Å². The van der Waals surface area contributed by atoms with E-state index in [-0.39, 0.29) is 12.0 Å². The molecule has 0 saturated heterocycles. The SMILES string of the molecule is CNCc1cc(S(=O)(=O)NC(COC)C(C)C)ccc1C. The number of ether oxygens (including phenoxy) is 1. The largest absolute Gasteiger partial charge is 0.383 e. The summed E-state index contributed by atoms with van der Waals surface area (Å²) < 4.78 is 32.8. The Hall–Kier alpha value is -0.950. The highest BCUT2D eigenvalue weighted by Crippen LogP contribution is 2.17. The number of nitrogens with one attached hydrogen (secondary N) is 2. The number of sulfonamides is 1. The van der Waals surface area contributed by atoms with Crippen LogP contribution in [0.1, 0.15) is 25.0 Å². The molecule has 0 fully saturated rings. The van der Waals surface area contributed by atoms with Crippen molar-refractivity contribution in [2.75, 3.05) is 20.8 Å². The summed E-state index contributed by atoms with van der Waals surface area (Å²) in [5, 5.41) is 3.05. The Balaban J connectivity index is 3.04. The molecular formula is C15H26N2O3S. The Bertz CT molecular complexity index is 556. The van der Waals surface area contributed by atoms with Gasteiger partial charge in [-0.25, -0.2) is 13.1 Å². The fourth-order valence-electron chi connectivity index (χ4n) is 2.01. The van der Waals surface area contributed by atoms with Crippen LogP contribution in [0.5, 0.6) is 0 Å². The molecule has 6 heteroatoms. The fourth-order valence-corrected chi connectivity index (χ4v) is 3.42. The lowest BCUT2D eigenvalue weighted by Gasteiger charge is -2.21. The van der Waals surface area contributed by atoms with Crippen LogP contribution in [-0.2, 0) is 21.3 Å². The van der Waals surface area contributed by atoms with Gasteiger partial charge < -0.3 is 10.1 Å². The lowest BCUT2D eigenvalue weighted by molar-refractivity contribution is 0.157. The van der Waals surface area contributed by atoms with Crippen LogP contribution in [0.15, 0.2) is 23.1 Å². The molecule has 0 spiro atoms. The normalized spacial score (nSPS) is 13.6. The molecule has 1 rings (SSSR count). The van der Waals surface area contributed by atoms with Gasteiger partial charge in [0, 0.05) is 19.7 Å². The quantitative estimate of drug-likeness (QED) is 0.766. The summed E-state index contributed by atoms with van der Waals surface area (Å²) in [5.41, 5.74) is 2.05. The molecule has 0 aliphatic carbocycles. The van der Waals surface area contributed by atoms with Crippen LogP contribution in [0.25, 0.3) is 0 Å². The van der Waals surface area contributed by atoms with E-state index in [4.69, 9.17) is 4.74 Å². The van der Waals surface area contributed by atoms with Gasteiger partial charge >= 0.3 is 0 Å². The number of hydrogen-bond donors (Lipinski definition) is 2. The molecule has 1 atom stereocenters. The Labute approximate surface area is 128 Å². The number of rotatable bonds is 8.